The number of ether oxygens (including phenoxy) is 2. The fraction of sp³-hybridized carbons (Fsp3) is 0.700. The molecule has 1 saturated heterocycles. The quantitative estimate of drug-likeness (QED) is 0.707. The Balaban J connectivity index is 1.65. The summed E-state index contributed by atoms with van der Waals surface area (Å²) >= 11 is 0. The van der Waals surface area contributed by atoms with Crippen molar-refractivity contribution in [3.05, 3.63) is 11.9 Å². The normalized spacial score (nSPS) is 19.6. The van der Waals surface area contributed by atoms with Gasteiger partial charge in [0.25, 0.3) is 0 Å². The number of aromatic nitrogens is 3. The summed E-state index contributed by atoms with van der Waals surface area (Å²) in [6.07, 6.45) is 2.44. The number of rotatable bonds is 6. The summed E-state index contributed by atoms with van der Waals surface area (Å²) in [4.78, 5) is 10.6. The van der Waals surface area contributed by atoms with Crippen LogP contribution < -0.4 is 0 Å². The van der Waals surface area contributed by atoms with Crippen LogP contribution >= 0.6 is 0 Å². The first-order chi connectivity index (χ1) is 8.25. The van der Waals surface area contributed by atoms with E-state index < -0.39 is 5.97 Å². The van der Waals surface area contributed by atoms with Crippen molar-refractivity contribution in [2.24, 2.45) is 5.92 Å². The summed E-state index contributed by atoms with van der Waals surface area (Å²) < 4.78 is 12.2. The van der Waals surface area contributed by atoms with E-state index >= 15 is 0 Å². The lowest BCUT2D eigenvalue weighted by Gasteiger charge is -2.08. The zero-order chi connectivity index (χ0) is 12.1. The second kappa shape index (κ2) is 5.74. The highest BCUT2D eigenvalue weighted by molar-refractivity contribution is 5.84. The summed E-state index contributed by atoms with van der Waals surface area (Å²) in [5, 5.41) is 15.8. The van der Waals surface area contributed by atoms with E-state index in [4.69, 9.17) is 14.6 Å². The van der Waals surface area contributed by atoms with Crippen molar-refractivity contribution in [3.8, 4) is 0 Å². The van der Waals surface area contributed by atoms with Crippen molar-refractivity contribution in [1.82, 2.24) is 15.0 Å². The van der Waals surface area contributed by atoms with Gasteiger partial charge in [-0.2, -0.15) is 0 Å². The summed E-state index contributed by atoms with van der Waals surface area (Å²) in [6.45, 7) is 3.28. The van der Waals surface area contributed by atoms with Gasteiger partial charge in [0.15, 0.2) is 5.69 Å². The summed E-state index contributed by atoms with van der Waals surface area (Å²) in [5.41, 5.74) is -0.0470. The van der Waals surface area contributed by atoms with Gasteiger partial charge in [0, 0.05) is 12.5 Å². The Kier molecular flexibility index (Phi) is 4.05. The van der Waals surface area contributed by atoms with Gasteiger partial charge in [-0.25, -0.2) is 9.48 Å². The SMILES string of the molecule is O=C(O)c1cn(CCOCC2CCOC2)nn1. The minimum absolute atomic E-state index is 0.0470. The van der Waals surface area contributed by atoms with Crippen LogP contribution in [0.25, 0.3) is 0 Å². The maximum atomic E-state index is 10.6. The Morgan fingerprint density at radius 1 is 1.71 bits per heavy atom. The van der Waals surface area contributed by atoms with Crippen LogP contribution in [0.15, 0.2) is 6.20 Å². The number of aromatic carboxylic acids is 1. The molecule has 1 unspecified atom stereocenters. The summed E-state index contributed by atoms with van der Waals surface area (Å²) in [6, 6.07) is 0. The van der Waals surface area contributed by atoms with Crippen molar-refractivity contribution in [2.75, 3.05) is 26.4 Å². The Morgan fingerprint density at radius 3 is 3.24 bits per heavy atom. The maximum Gasteiger partial charge on any atom is 0.358 e. The van der Waals surface area contributed by atoms with E-state index in [0.717, 1.165) is 19.6 Å². The van der Waals surface area contributed by atoms with Crippen LogP contribution in [0, 0.1) is 5.92 Å². The Bertz CT molecular complexity index is 373. The van der Waals surface area contributed by atoms with E-state index in [1.54, 1.807) is 0 Å². The Morgan fingerprint density at radius 2 is 2.59 bits per heavy atom. The molecule has 2 rings (SSSR count). The van der Waals surface area contributed by atoms with Crippen LogP contribution in [0.1, 0.15) is 16.9 Å². The molecule has 1 aliphatic rings. The molecule has 0 spiro atoms. The standard InChI is InChI=1S/C10H15N3O4/c14-10(15)9-5-13(12-11-9)2-4-17-7-8-1-3-16-6-8/h5,8H,1-4,6-7H2,(H,14,15). The first kappa shape index (κ1) is 12.0. The molecular formula is C10H15N3O4. The highest BCUT2D eigenvalue weighted by Crippen LogP contribution is 2.12. The van der Waals surface area contributed by atoms with E-state index in [0.29, 0.717) is 25.7 Å². The van der Waals surface area contributed by atoms with Gasteiger partial charge in [0.1, 0.15) is 0 Å². The molecule has 0 aliphatic carbocycles. The molecule has 1 fully saturated rings. The molecule has 94 valence electrons. The van der Waals surface area contributed by atoms with Gasteiger partial charge < -0.3 is 14.6 Å². The molecule has 0 saturated carbocycles. The third kappa shape index (κ3) is 3.50. The van der Waals surface area contributed by atoms with Gasteiger partial charge in [-0.05, 0) is 6.42 Å². The second-order valence-corrected chi connectivity index (χ2v) is 3.98. The molecular weight excluding hydrogens is 226 g/mol. The Labute approximate surface area is 98.3 Å². The van der Waals surface area contributed by atoms with Gasteiger partial charge in [0.2, 0.25) is 0 Å². The Hall–Kier alpha value is -1.47. The predicted octanol–water partition coefficient (Wildman–Crippen LogP) is 0.0294. The predicted molar refractivity (Wildman–Crippen MR) is 56.7 cm³/mol. The molecule has 0 radical (unpaired) electrons. The molecule has 1 N–H and O–H groups in total. The molecule has 0 amide bonds. The number of carbonyl (C=O) groups is 1. The molecule has 0 bridgehead atoms. The number of nitrogens with zero attached hydrogens (tertiary/aromatic N) is 3. The fourth-order valence-corrected chi connectivity index (χ4v) is 1.63. The molecule has 0 aromatic carbocycles. The van der Waals surface area contributed by atoms with Crippen LogP contribution in [-0.4, -0.2) is 52.5 Å². The number of carboxylic acid groups (broad SMARTS) is 1. The van der Waals surface area contributed by atoms with Gasteiger partial charge in [-0.15, -0.1) is 5.10 Å². The summed E-state index contributed by atoms with van der Waals surface area (Å²) in [7, 11) is 0. The van der Waals surface area contributed by atoms with Crippen LogP contribution in [0.2, 0.25) is 0 Å². The van der Waals surface area contributed by atoms with E-state index in [1.165, 1.54) is 10.9 Å². The third-order valence-electron chi connectivity index (χ3n) is 2.60. The highest BCUT2D eigenvalue weighted by atomic mass is 16.5. The minimum Gasteiger partial charge on any atom is -0.476 e. The number of carboxylic acids is 1. The first-order valence-electron chi connectivity index (χ1n) is 5.54. The largest absolute Gasteiger partial charge is 0.476 e. The number of hydrogen-bond acceptors (Lipinski definition) is 5. The first-order valence-corrected chi connectivity index (χ1v) is 5.54. The third-order valence-corrected chi connectivity index (χ3v) is 2.60. The lowest BCUT2D eigenvalue weighted by atomic mass is 10.1. The molecule has 7 heteroatoms. The van der Waals surface area contributed by atoms with E-state index in [1.807, 2.05) is 0 Å². The van der Waals surface area contributed by atoms with Gasteiger partial charge in [-0.3, -0.25) is 0 Å². The van der Waals surface area contributed by atoms with Crippen molar-refractivity contribution < 1.29 is 19.4 Å². The second-order valence-electron chi connectivity index (χ2n) is 3.98. The van der Waals surface area contributed by atoms with E-state index in [9.17, 15) is 4.79 Å². The van der Waals surface area contributed by atoms with Crippen LogP contribution in [0.3, 0.4) is 0 Å². The van der Waals surface area contributed by atoms with Gasteiger partial charge in [-0.1, -0.05) is 5.21 Å². The molecule has 1 atom stereocenters. The summed E-state index contributed by atoms with van der Waals surface area (Å²) in [5.74, 6) is -0.583. The minimum atomic E-state index is -1.07. The van der Waals surface area contributed by atoms with E-state index in [-0.39, 0.29) is 5.69 Å². The van der Waals surface area contributed by atoms with Crippen LogP contribution in [0.5, 0.6) is 0 Å². The molecule has 7 nitrogen and oxygen atoms in total. The van der Waals surface area contributed by atoms with Crippen molar-refractivity contribution in [2.45, 2.75) is 13.0 Å². The fourth-order valence-electron chi connectivity index (χ4n) is 1.63. The molecule has 1 aromatic heterocycles. The number of hydrogen-bond donors (Lipinski definition) is 1. The van der Waals surface area contributed by atoms with Crippen molar-refractivity contribution >= 4 is 5.97 Å². The molecule has 17 heavy (non-hydrogen) atoms. The van der Waals surface area contributed by atoms with Gasteiger partial charge in [0.05, 0.1) is 32.6 Å². The smallest absolute Gasteiger partial charge is 0.358 e. The van der Waals surface area contributed by atoms with E-state index in [2.05, 4.69) is 10.3 Å². The monoisotopic (exact) mass is 241 g/mol. The highest BCUT2D eigenvalue weighted by Gasteiger charge is 2.15. The van der Waals surface area contributed by atoms with Gasteiger partial charge >= 0.3 is 5.97 Å². The molecule has 2 heterocycles. The van der Waals surface area contributed by atoms with Crippen molar-refractivity contribution in [3.63, 3.8) is 0 Å². The average Bonchev–Trinajstić information content (AvgIpc) is 2.96. The zero-order valence-electron chi connectivity index (χ0n) is 9.41. The lowest BCUT2D eigenvalue weighted by Crippen LogP contribution is -2.13. The zero-order valence-corrected chi connectivity index (χ0v) is 9.41. The average molecular weight is 241 g/mol. The molecule has 1 aliphatic heterocycles. The lowest BCUT2D eigenvalue weighted by molar-refractivity contribution is 0.0690. The topological polar surface area (TPSA) is 86.5 Å². The van der Waals surface area contributed by atoms with Crippen LogP contribution in [-0.2, 0) is 16.0 Å². The van der Waals surface area contributed by atoms with Crippen molar-refractivity contribution in [1.29, 1.82) is 0 Å². The maximum absolute atomic E-state index is 10.6. The van der Waals surface area contributed by atoms with Crippen LogP contribution in [0.4, 0.5) is 0 Å². The molecule has 1 aromatic rings.